The third kappa shape index (κ3) is 4.46. The maximum atomic E-state index is 12.7. The molecule has 0 unspecified atom stereocenters. The SMILES string of the molecule is Cc1oc(-c2cccs2)nc1CC(=O)N1CCN(Cc2ccc(Cl)cc2)CC1. The van der Waals surface area contributed by atoms with Gasteiger partial charge in [-0.05, 0) is 36.1 Å². The van der Waals surface area contributed by atoms with E-state index >= 15 is 0 Å². The number of benzene rings is 1. The first kappa shape index (κ1) is 19.2. The number of aromatic nitrogens is 1. The molecule has 1 aliphatic rings. The van der Waals surface area contributed by atoms with Crippen LogP contribution in [0.25, 0.3) is 10.8 Å². The number of amides is 1. The number of hydrogen-bond acceptors (Lipinski definition) is 5. The van der Waals surface area contributed by atoms with Gasteiger partial charge in [-0.2, -0.15) is 0 Å². The maximum absolute atomic E-state index is 12.7. The van der Waals surface area contributed by atoms with Crippen LogP contribution in [0.1, 0.15) is 17.0 Å². The van der Waals surface area contributed by atoms with E-state index < -0.39 is 0 Å². The lowest BCUT2D eigenvalue weighted by molar-refractivity contribution is -0.132. The Kier molecular flexibility index (Phi) is 5.80. The fourth-order valence-electron chi connectivity index (χ4n) is 3.36. The molecule has 1 aliphatic heterocycles. The zero-order chi connectivity index (χ0) is 19.5. The predicted octanol–water partition coefficient (Wildman–Crippen LogP) is 4.25. The molecule has 146 valence electrons. The predicted molar refractivity (Wildman–Crippen MR) is 112 cm³/mol. The average molecular weight is 416 g/mol. The van der Waals surface area contributed by atoms with Gasteiger partial charge in [0.25, 0.3) is 0 Å². The van der Waals surface area contributed by atoms with Gasteiger partial charge in [0.1, 0.15) is 5.76 Å². The normalized spacial score (nSPS) is 15.1. The lowest BCUT2D eigenvalue weighted by Crippen LogP contribution is -2.48. The van der Waals surface area contributed by atoms with Gasteiger partial charge in [0.15, 0.2) is 0 Å². The molecule has 3 aromatic rings. The van der Waals surface area contributed by atoms with Crippen molar-refractivity contribution in [2.75, 3.05) is 26.2 Å². The Balaban J connectivity index is 1.31. The van der Waals surface area contributed by atoms with Crippen LogP contribution in [0.2, 0.25) is 5.02 Å². The summed E-state index contributed by atoms with van der Waals surface area (Å²) in [5.74, 6) is 1.43. The first-order valence-electron chi connectivity index (χ1n) is 9.33. The second kappa shape index (κ2) is 8.47. The number of nitrogens with zero attached hydrogens (tertiary/aromatic N) is 3. The maximum Gasteiger partial charge on any atom is 0.236 e. The van der Waals surface area contributed by atoms with Gasteiger partial charge < -0.3 is 9.32 Å². The van der Waals surface area contributed by atoms with Gasteiger partial charge in [-0.3, -0.25) is 9.69 Å². The second-order valence-electron chi connectivity index (χ2n) is 6.96. The minimum absolute atomic E-state index is 0.111. The Hall–Kier alpha value is -2.15. The zero-order valence-electron chi connectivity index (χ0n) is 15.7. The van der Waals surface area contributed by atoms with Crippen molar-refractivity contribution in [1.29, 1.82) is 0 Å². The molecule has 28 heavy (non-hydrogen) atoms. The fraction of sp³-hybridized carbons (Fsp3) is 0.333. The van der Waals surface area contributed by atoms with Gasteiger partial charge in [-0.15, -0.1) is 11.3 Å². The molecule has 1 aromatic carbocycles. The summed E-state index contributed by atoms with van der Waals surface area (Å²) in [5.41, 5.74) is 1.97. The Labute approximate surface area is 173 Å². The molecule has 0 atom stereocenters. The molecule has 5 nitrogen and oxygen atoms in total. The topological polar surface area (TPSA) is 49.6 Å². The molecule has 1 fully saturated rings. The molecule has 0 N–H and O–H groups in total. The van der Waals surface area contributed by atoms with Crippen LogP contribution in [0.3, 0.4) is 0 Å². The number of thiophene rings is 1. The molecule has 0 spiro atoms. The van der Waals surface area contributed by atoms with E-state index in [0.717, 1.165) is 54.1 Å². The average Bonchev–Trinajstić information content (AvgIpc) is 3.35. The first-order chi connectivity index (χ1) is 13.6. The fourth-order valence-corrected chi connectivity index (χ4v) is 4.13. The van der Waals surface area contributed by atoms with E-state index in [1.807, 2.05) is 41.5 Å². The molecule has 0 bridgehead atoms. The summed E-state index contributed by atoms with van der Waals surface area (Å²) in [7, 11) is 0. The van der Waals surface area contributed by atoms with Crippen molar-refractivity contribution in [3.05, 3.63) is 63.8 Å². The molecule has 0 radical (unpaired) electrons. The van der Waals surface area contributed by atoms with Gasteiger partial charge in [-0.25, -0.2) is 4.98 Å². The second-order valence-corrected chi connectivity index (χ2v) is 8.34. The number of carbonyl (C=O) groups excluding carboxylic acids is 1. The number of piperazine rings is 1. The van der Waals surface area contributed by atoms with E-state index in [2.05, 4.69) is 22.0 Å². The van der Waals surface area contributed by atoms with Crippen LogP contribution < -0.4 is 0 Å². The summed E-state index contributed by atoms with van der Waals surface area (Å²) < 4.78 is 5.75. The van der Waals surface area contributed by atoms with Crippen LogP contribution in [0, 0.1) is 6.92 Å². The smallest absolute Gasteiger partial charge is 0.236 e. The standard InChI is InChI=1S/C21H22ClN3O2S/c1-15-18(23-21(27-15)19-3-2-12-28-19)13-20(26)25-10-8-24(9-11-25)14-16-4-6-17(22)7-5-16/h2-7,12H,8-11,13-14H2,1H3. The lowest BCUT2D eigenvalue weighted by Gasteiger charge is -2.34. The van der Waals surface area contributed by atoms with Crippen LogP contribution in [-0.2, 0) is 17.8 Å². The van der Waals surface area contributed by atoms with Crippen LogP contribution in [0.5, 0.6) is 0 Å². The van der Waals surface area contributed by atoms with Crippen molar-refractivity contribution in [1.82, 2.24) is 14.8 Å². The minimum Gasteiger partial charge on any atom is -0.440 e. The number of aryl methyl sites for hydroxylation is 1. The third-order valence-electron chi connectivity index (χ3n) is 4.99. The molecular weight excluding hydrogens is 394 g/mol. The molecule has 3 heterocycles. The molecule has 1 saturated heterocycles. The summed E-state index contributed by atoms with van der Waals surface area (Å²) >= 11 is 7.53. The van der Waals surface area contributed by atoms with E-state index in [-0.39, 0.29) is 12.3 Å². The van der Waals surface area contributed by atoms with Crippen LogP contribution in [0.4, 0.5) is 0 Å². The van der Waals surface area contributed by atoms with Crippen molar-refractivity contribution in [2.45, 2.75) is 19.9 Å². The van der Waals surface area contributed by atoms with E-state index in [1.165, 1.54) is 5.56 Å². The van der Waals surface area contributed by atoms with Crippen LogP contribution >= 0.6 is 22.9 Å². The largest absolute Gasteiger partial charge is 0.440 e. The van der Waals surface area contributed by atoms with E-state index in [9.17, 15) is 4.79 Å². The number of carbonyl (C=O) groups is 1. The van der Waals surface area contributed by atoms with Gasteiger partial charge in [0.2, 0.25) is 11.8 Å². The van der Waals surface area contributed by atoms with Gasteiger partial charge in [0, 0.05) is 37.7 Å². The highest BCUT2D eigenvalue weighted by molar-refractivity contribution is 7.13. The van der Waals surface area contributed by atoms with E-state index in [4.69, 9.17) is 16.0 Å². The molecule has 4 rings (SSSR count). The highest BCUT2D eigenvalue weighted by atomic mass is 35.5. The third-order valence-corrected chi connectivity index (χ3v) is 6.10. The van der Waals surface area contributed by atoms with E-state index in [1.54, 1.807) is 11.3 Å². The highest BCUT2D eigenvalue weighted by Gasteiger charge is 2.23. The van der Waals surface area contributed by atoms with Crippen molar-refractivity contribution in [3.8, 4) is 10.8 Å². The molecule has 0 saturated carbocycles. The number of halogens is 1. The molecular formula is C21H22ClN3O2S. The molecule has 1 amide bonds. The van der Waals surface area contributed by atoms with Crippen molar-refractivity contribution < 1.29 is 9.21 Å². The molecule has 0 aliphatic carbocycles. The lowest BCUT2D eigenvalue weighted by atomic mass is 10.2. The summed E-state index contributed by atoms with van der Waals surface area (Å²) in [6.07, 6.45) is 0.290. The highest BCUT2D eigenvalue weighted by Crippen LogP contribution is 2.26. The Morgan fingerprint density at radius 3 is 2.61 bits per heavy atom. The Morgan fingerprint density at radius 2 is 1.93 bits per heavy atom. The van der Waals surface area contributed by atoms with Crippen molar-refractivity contribution in [3.63, 3.8) is 0 Å². The Bertz CT molecular complexity index is 929. The zero-order valence-corrected chi connectivity index (χ0v) is 17.3. The van der Waals surface area contributed by atoms with E-state index in [0.29, 0.717) is 5.89 Å². The summed E-state index contributed by atoms with van der Waals surface area (Å²) in [4.78, 5) is 22.5. The summed E-state index contributed by atoms with van der Waals surface area (Å²) in [6.45, 7) is 5.96. The van der Waals surface area contributed by atoms with Gasteiger partial charge >= 0.3 is 0 Å². The summed E-state index contributed by atoms with van der Waals surface area (Å²) in [6, 6.07) is 11.9. The number of oxazole rings is 1. The quantitative estimate of drug-likeness (QED) is 0.625. The molecule has 2 aromatic heterocycles. The monoisotopic (exact) mass is 415 g/mol. The number of hydrogen-bond donors (Lipinski definition) is 0. The molecule has 7 heteroatoms. The number of rotatable bonds is 5. The van der Waals surface area contributed by atoms with Gasteiger partial charge in [-0.1, -0.05) is 29.8 Å². The van der Waals surface area contributed by atoms with Gasteiger partial charge in [0.05, 0.1) is 17.0 Å². The van der Waals surface area contributed by atoms with Crippen LogP contribution in [-0.4, -0.2) is 46.9 Å². The van der Waals surface area contributed by atoms with Crippen molar-refractivity contribution in [2.24, 2.45) is 0 Å². The Morgan fingerprint density at radius 1 is 1.18 bits per heavy atom. The summed E-state index contributed by atoms with van der Waals surface area (Å²) in [5, 5.41) is 2.74. The van der Waals surface area contributed by atoms with Crippen molar-refractivity contribution >= 4 is 28.8 Å². The van der Waals surface area contributed by atoms with Crippen LogP contribution in [0.15, 0.2) is 46.2 Å². The minimum atomic E-state index is 0.111. The first-order valence-corrected chi connectivity index (χ1v) is 10.6.